The standard InChI is InChI=1S/C29H28Cl2N2O2/c1-19(2)14-29(34)33-24-8-5-7-23(16-24)32-17-26-25-9-4-3-6-20(25)11-13-28(26)35-18-21-10-12-22(30)15-27(21)31/h3-13,15-16,19,32H,14,17-18H2,1-2H3,(H,33,34). The van der Waals surface area contributed by atoms with Crippen molar-refractivity contribution in [2.75, 3.05) is 10.6 Å². The highest BCUT2D eigenvalue weighted by molar-refractivity contribution is 6.35. The second-order valence-corrected chi connectivity index (χ2v) is 9.71. The first-order valence-electron chi connectivity index (χ1n) is 11.6. The molecule has 0 atom stereocenters. The first kappa shape index (κ1) is 24.9. The molecule has 0 fully saturated rings. The predicted molar refractivity (Wildman–Crippen MR) is 147 cm³/mol. The molecule has 4 rings (SSSR count). The van der Waals surface area contributed by atoms with Crippen molar-refractivity contribution in [3.8, 4) is 5.75 Å². The number of rotatable bonds is 9. The lowest BCUT2D eigenvalue weighted by Gasteiger charge is -2.17. The zero-order valence-electron chi connectivity index (χ0n) is 19.8. The van der Waals surface area contributed by atoms with Crippen molar-refractivity contribution in [1.82, 2.24) is 0 Å². The van der Waals surface area contributed by atoms with Gasteiger partial charge in [0.05, 0.1) is 0 Å². The third kappa shape index (κ3) is 6.68. The fourth-order valence-corrected chi connectivity index (χ4v) is 4.37. The van der Waals surface area contributed by atoms with Gasteiger partial charge in [-0.2, -0.15) is 0 Å². The molecule has 0 aliphatic rings. The Balaban J connectivity index is 1.54. The number of carbonyl (C=O) groups is 1. The molecule has 1 amide bonds. The van der Waals surface area contributed by atoms with Gasteiger partial charge < -0.3 is 15.4 Å². The molecule has 0 aliphatic carbocycles. The molecule has 6 heteroatoms. The number of nitrogens with one attached hydrogen (secondary N) is 2. The Hall–Kier alpha value is -3.21. The molecule has 4 aromatic rings. The Morgan fingerprint density at radius 1 is 0.914 bits per heavy atom. The minimum absolute atomic E-state index is 0.0164. The highest BCUT2D eigenvalue weighted by Gasteiger charge is 2.11. The van der Waals surface area contributed by atoms with Crippen LogP contribution in [0, 0.1) is 5.92 Å². The Kier molecular flexibility index (Phi) is 8.17. The Morgan fingerprint density at radius 2 is 1.71 bits per heavy atom. The van der Waals surface area contributed by atoms with Crippen LogP contribution in [0.5, 0.6) is 5.75 Å². The van der Waals surface area contributed by atoms with E-state index in [1.165, 1.54) is 0 Å². The SMILES string of the molecule is CC(C)CC(=O)Nc1cccc(NCc2c(OCc3ccc(Cl)cc3Cl)ccc3ccccc23)c1. The molecule has 0 heterocycles. The molecular formula is C29H28Cl2N2O2. The summed E-state index contributed by atoms with van der Waals surface area (Å²) >= 11 is 12.4. The van der Waals surface area contributed by atoms with Gasteiger partial charge in [-0.15, -0.1) is 0 Å². The molecular weight excluding hydrogens is 479 g/mol. The van der Waals surface area contributed by atoms with Crippen molar-refractivity contribution in [3.63, 3.8) is 0 Å². The number of hydrogen-bond acceptors (Lipinski definition) is 3. The Bertz CT molecular complexity index is 1340. The van der Waals surface area contributed by atoms with Crippen molar-refractivity contribution in [3.05, 3.63) is 100 Å². The average Bonchev–Trinajstić information content (AvgIpc) is 2.82. The van der Waals surface area contributed by atoms with Crippen molar-refractivity contribution in [2.24, 2.45) is 5.92 Å². The van der Waals surface area contributed by atoms with Gasteiger partial charge in [0.1, 0.15) is 12.4 Å². The van der Waals surface area contributed by atoms with E-state index < -0.39 is 0 Å². The normalized spacial score (nSPS) is 11.0. The molecule has 0 bridgehead atoms. The van der Waals surface area contributed by atoms with Gasteiger partial charge in [-0.25, -0.2) is 0 Å². The second-order valence-electron chi connectivity index (χ2n) is 8.87. The molecule has 0 saturated heterocycles. The number of fused-ring (bicyclic) bond motifs is 1. The number of ether oxygens (including phenoxy) is 1. The largest absolute Gasteiger partial charge is 0.488 e. The van der Waals surface area contributed by atoms with E-state index in [1.807, 2.05) is 68.4 Å². The highest BCUT2D eigenvalue weighted by Crippen LogP contribution is 2.31. The fourth-order valence-electron chi connectivity index (χ4n) is 3.91. The van der Waals surface area contributed by atoms with Crippen LogP contribution in [-0.4, -0.2) is 5.91 Å². The summed E-state index contributed by atoms with van der Waals surface area (Å²) in [6.07, 6.45) is 0.492. The lowest BCUT2D eigenvalue weighted by molar-refractivity contribution is -0.116. The molecule has 4 nitrogen and oxygen atoms in total. The Labute approximate surface area is 216 Å². The molecule has 0 aliphatic heterocycles. The maximum atomic E-state index is 12.2. The van der Waals surface area contributed by atoms with Crippen LogP contribution in [0.3, 0.4) is 0 Å². The van der Waals surface area contributed by atoms with Crippen LogP contribution in [0.1, 0.15) is 31.4 Å². The molecule has 4 aromatic carbocycles. The van der Waals surface area contributed by atoms with E-state index in [0.29, 0.717) is 35.5 Å². The van der Waals surface area contributed by atoms with E-state index in [1.54, 1.807) is 6.07 Å². The van der Waals surface area contributed by atoms with Gasteiger partial charge in [0.2, 0.25) is 5.91 Å². The number of anilines is 2. The van der Waals surface area contributed by atoms with E-state index in [9.17, 15) is 4.79 Å². The van der Waals surface area contributed by atoms with E-state index in [0.717, 1.165) is 39.0 Å². The number of halogens is 2. The summed E-state index contributed by atoms with van der Waals surface area (Å²) in [7, 11) is 0. The van der Waals surface area contributed by atoms with Crippen molar-refractivity contribution < 1.29 is 9.53 Å². The van der Waals surface area contributed by atoms with E-state index >= 15 is 0 Å². The molecule has 0 spiro atoms. The van der Waals surface area contributed by atoms with Crippen LogP contribution in [0.4, 0.5) is 11.4 Å². The minimum Gasteiger partial charge on any atom is -0.488 e. The molecule has 0 aromatic heterocycles. The van der Waals surface area contributed by atoms with E-state index in [-0.39, 0.29) is 5.91 Å². The molecule has 180 valence electrons. The summed E-state index contributed by atoms with van der Waals surface area (Å²) in [5.74, 6) is 1.11. The van der Waals surface area contributed by atoms with Gasteiger partial charge in [0.25, 0.3) is 0 Å². The van der Waals surface area contributed by atoms with Crippen LogP contribution in [0.15, 0.2) is 78.9 Å². The van der Waals surface area contributed by atoms with E-state index in [4.69, 9.17) is 27.9 Å². The summed E-state index contributed by atoms with van der Waals surface area (Å²) in [5.41, 5.74) is 3.59. The quantitative estimate of drug-likeness (QED) is 0.240. The van der Waals surface area contributed by atoms with Crippen LogP contribution in [-0.2, 0) is 17.9 Å². The van der Waals surface area contributed by atoms with Crippen molar-refractivity contribution in [2.45, 2.75) is 33.4 Å². The first-order chi connectivity index (χ1) is 16.9. The molecule has 2 N–H and O–H groups in total. The lowest BCUT2D eigenvalue weighted by Crippen LogP contribution is -2.14. The maximum Gasteiger partial charge on any atom is 0.224 e. The zero-order chi connectivity index (χ0) is 24.8. The van der Waals surface area contributed by atoms with Gasteiger partial charge in [-0.3, -0.25) is 4.79 Å². The molecule has 0 unspecified atom stereocenters. The zero-order valence-corrected chi connectivity index (χ0v) is 21.3. The molecule has 0 saturated carbocycles. The lowest BCUT2D eigenvalue weighted by atomic mass is 10.0. The summed E-state index contributed by atoms with van der Waals surface area (Å²) in [5, 5.41) is 9.88. The smallest absolute Gasteiger partial charge is 0.224 e. The minimum atomic E-state index is 0.0164. The number of amides is 1. The summed E-state index contributed by atoms with van der Waals surface area (Å²) < 4.78 is 6.23. The van der Waals surface area contributed by atoms with Crippen LogP contribution in [0.2, 0.25) is 10.0 Å². The van der Waals surface area contributed by atoms with Gasteiger partial charge in [-0.05, 0) is 53.1 Å². The fraction of sp³-hybridized carbons (Fsp3) is 0.207. The third-order valence-electron chi connectivity index (χ3n) is 5.61. The molecule has 35 heavy (non-hydrogen) atoms. The predicted octanol–water partition coefficient (Wildman–Crippen LogP) is 8.32. The number of hydrogen-bond donors (Lipinski definition) is 2. The maximum absolute atomic E-state index is 12.2. The molecule has 0 radical (unpaired) electrons. The first-order valence-corrected chi connectivity index (χ1v) is 12.4. The van der Waals surface area contributed by atoms with Crippen LogP contribution in [0.25, 0.3) is 10.8 Å². The summed E-state index contributed by atoms with van der Waals surface area (Å²) in [6, 6.07) is 25.4. The van der Waals surface area contributed by atoms with Crippen molar-refractivity contribution in [1.29, 1.82) is 0 Å². The highest BCUT2D eigenvalue weighted by atomic mass is 35.5. The number of benzene rings is 4. The second kappa shape index (κ2) is 11.5. The number of carbonyl (C=O) groups excluding carboxylic acids is 1. The topological polar surface area (TPSA) is 50.4 Å². The monoisotopic (exact) mass is 506 g/mol. The van der Waals surface area contributed by atoms with Crippen molar-refractivity contribution >= 4 is 51.3 Å². The summed E-state index contributed by atoms with van der Waals surface area (Å²) in [4.78, 5) is 12.2. The van der Waals surface area contributed by atoms with Crippen LogP contribution >= 0.6 is 23.2 Å². The summed E-state index contributed by atoms with van der Waals surface area (Å²) in [6.45, 7) is 4.94. The van der Waals surface area contributed by atoms with Gasteiger partial charge >= 0.3 is 0 Å². The van der Waals surface area contributed by atoms with Gasteiger partial charge in [0.15, 0.2) is 0 Å². The van der Waals surface area contributed by atoms with Gasteiger partial charge in [-0.1, -0.05) is 79.5 Å². The van der Waals surface area contributed by atoms with Crippen LogP contribution < -0.4 is 15.4 Å². The van der Waals surface area contributed by atoms with E-state index in [2.05, 4.69) is 28.8 Å². The third-order valence-corrected chi connectivity index (χ3v) is 6.19. The van der Waals surface area contributed by atoms with Gasteiger partial charge in [0, 0.05) is 45.5 Å². The average molecular weight is 507 g/mol. The Morgan fingerprint density at radius 3 is 2.51 bits per heavy atom.